The van der Waals surface area contributed by atoms with Crippen LogP contribution in [0.25, 0.3) is 0 Å². The molecule has 1 unspecified atom stereocenters. The quantitative estimate of drug-likeness (QED) is 0.759. The Kier molecular flexibility index (Phi) is 3.27. The second-order valence-corrected chi connectivity index (χ2v) is 3.83. The molecular weight excluding hydrogens is 220 g/mol. The average Bonchev–Trinajstić information content (AvgIpc) is 2.88. The fourth-order valence-electron chi connectivity index (χ4n) is 1.55. The lowest BCUT2D eigenvalue weighted by Gasteiger charge is -2.12. The first-order valence-electron chi connectivity index (χ1n) is 5.39. The Labute approximate surface area is 99.0 Å². The molecule has 0 bridgehead atoms. The zero-order valence-corrected chi connectivity index (χ0v) is 9.79. The van der Waals surface area contributed by atoms with Crippen LogP contribution in [0.5, 0.6) is 0 Å². The van der Waals surface area contributed by atoms with Gasteiger partial charge in [0.2, 0.25) is 0 Å². The van der Waals surface area contributed by atoms with E-state index in [2.05, 4.69) is 5.10 Å². The molecule has 0 aromatic carbocycles. The van der Waals surface area contributed by atoms with Crippen LogP contribution in [-0.4, -0.2) is 21.9 Å². The SMILES string of the molecule is Cc1occc1C(=O)OC(C)Cn1cccn1. The molecule has 1 atom stereocenters. The molecular formula is C12H14N2O3. The van der Waals surface area contributed by atoms with E-state index in [4.69, 9.17) is 9.15 Å². The maximum atomic E-state index is 11.8. The van der Waals surface area contributed by atoms with Crippen LogP contribution >= 0.6 is 0 Å². The summed E-state index contributed by atoms with van der Waals surface area (Å²) in [5, 5.41) is 4.05. The first kappa shape index (κ1) is 11.4. The molecule has 5 heteroatoms. The number of carbonyl (C=O) groups excluding carboxylic acids is 1. The number of hydrogen-bond donors (Lipinski definition) is 0. The van der Waals surface area contributed by atoms with Gasteiger partial charge in [-0.1, -0.05) is 0 Å². The lowest BCUT2D eigenvalue weighted by atomic mass is 10.2. The Balaban J connectivity index is 1.93. The predicted molar refractivity (Wildman–Crippen MR) is 60.5 cm³/mol. The number of rotatable bonds is 4. The van der Waals surface area contributed by atoms with Gasteiger partial charge in [-0.05, 0) is 26.0 Å². The Morgan fingerprint density at radius 3 is 3.06 bits per heavy atom. The van der Waals surface area contributed by atoms with E-state index in [-0.39, 0.29) is 12.1 Å². The van der Waals surface area contributed by atoms with Crippen molar-refractivity contribution in [3.05, 3.63) is 42.1 Å². The Hall–Kier alpha value is -2.04. The van der Waals surface area contributed by atoms with Crippen LogP contribution in [-0.2, 0) is 11.3 Å². The molecule has 0 aliphatic heterocycles. The Morgan fingerprint density at radius 2 is 2.47 bits per heavy atom. The standard InChI is InChI=1S/C12H14N2O3/c1-9(8-14-6-3-5-13-14)17-12(15)11-4-7-16-10(11)2/h3-7,9H,8H2,1-2H3. The maximum absolute atomic E-state index is 11.8. The number of hydrogen-bond acceptors (Lipinski definition) is 4. The summed E-state index contributed by atoms with van der Waals surface area (Å²) in [6.45, 7) is 4.10. The smallest absolute Gasteiger partial charge is 0.342 e. The molecule has 0 N–H and O–H groups in total. The minimum atomic E-state index is -0.365. The van der Waals surface area contributed by atoms with Gasteiger partial charge in [-0.3, -0.25) is 4.68 Å². The molecule has 5 nitrogen and oxygen atoms in total. The average molecular weight is 234 g/mol. The summed E-state index contributed by atoms with van der Waals surface area (Å²) in [5.74, 6) is 0.206. The number of esters is 1. The number of aryl methyl sites for hydroxylation is 1. The van der Waals surface area contributed by atoms with Gasteiger partial charge >= 0.3 is 5.97 Å². The summed E-state index contributed by atoms with van der Waals surface area (Å²) in [6, 6.07) is 3.44. The molecule has 0 spiro atoms. The first-order valence-corrected chi connectivity index (χ1v) is 5.39. The van der Waals surface area contributed by atoms with Crippen molar-refractivity contribution in [1.29, 1.82) is 0 Å². The number of carbonyl (C=O) groups is 1. The molecule has 0 radical (unpaired) electrons. The van der Waals surface area contributed by atoms with Crippen molar-refractivity contribution >= 4 is 5.97 Å². The molecule has 0 amide bonds. The minimum absolute atomic E-state index is 0.239. The van der Waals surface area contributed by atoms with E-state index in [1.165, 1.54) is 6.26 Å². The van der Waals surface area contributed by atoms with Gasteiger partial charge in [0.15, 0.2) is 0 Å². The zero-order valence-electron chi connectivity index (χ0n) is 9.79. The summed E-state index contributed by atoms with van der Waals surface area (Å²) in [6.07, 6.45) is 4.75. The highest BCUT2D eigenvalue weighted by Gasteiger charge is 2.16. The van der Waals surface area contributed by atoms with Gasteiger partial charge in [0, 0.05) is 12.4 Å². The largest absolute Gasteiger partial charge is 0.469 e. The minimum Gasteiger partial charge on any atom is -0.469 e. The molecule has 0 saturated heterocycles. The third kappa shape index (κ3) is 2.75. The topological polar surface area (TPSA) is 57.3 Å². The number of furan rings is 1. The van der Waals surface area contributed by atoms with Gasteiger partial charge in [-0.25, -0.2) is 4.79 Å². The van der Waals surface area contributed by atoms with Crippen molar-refractivity contribution in [2.45, 2.75) is 26.5 Å². The summed E-state index contributed by atoms with van der Waals surface area (Å²) in [4.78, 5) is 11.8. The van der Waals surface area contributed by atoms with Crippen LogP contribution < -0.4 is 0 Å². The van der Waals surface area contributed by atoms with Crippen LogP contribution in [0.1, 0.15) is 23.0 Å². The normalized spacial score (nSPS) is 12.4. The van der Waals surface area contributed by atoms with Crippen LogP contribution in [0, 0.1) is 6.92 Å². The van der Waals surface area contributed by atoms with Crippen molar-refractivity contribution in [3.63, 3.8) is 0 Å². The number of ether oxygens (including phenoxy) is 1. The van der Waals surface area contributed by atoms with Crippen molar-refractivity contribution in [1.82, 2.24) is 9.78 Å². The highest BCUT2D eigenvalue weighted by atomic mass is 16.5. The monoisotopic (exact) mass is 234 g/mol. The van der Waals surface area contributed by atoms with E-state index in [1.54, 1.807) is 23.9 Å². The van der Waals surface area contributed by atoms with Gasteiger partial charge in [0.25, 0.3) is 0 Å². The fraction of sp³-hybridized carbons (Fsp3) is 0.333. The summed E-state index contributed by atoms with van der Waals surface area (Å²) in [7, 11) is 0. The second kappa shape index (κ2) is 4.86. The van der Waals surface area contributed by atoms with Gasteiger partial charge in [-0.2, -0.15) is 5.10 Å². The van der Waals surface area contributed by atoms with Crippen LogP contribution in [0.2, 0.25) is 0 Å². The molecule has 2 aromatic rings. The van der Waals surface area contributed by atoms with Crippen molar-refractivity contribution in [2.24, 2.45) is 0 Å². The number of aromatic nitrogens is 2. The summed E-state index contributed by atoms with van der Waals surface area (Å²) in [5.41, 5.74) is 0.470. The van der Waals surface area contributed by atoms with Gasteiger partial charge in [0.05, 0.1) is 12.8 Å². The van der Waals surface area contributed by atoms with Crippen molar-refractivity contribution in [3.8, 4) is 0 Å². The third-order valence-corrected chi connectivity index (χ3v) is 2.39. The first-order chi connectivity index (χ1) is 8.16. The van der Waals surface area contributed by atoms with Crippen molar-refractivity contribution < 1.29 is 13.9 Å². The zero-order chi connectivity index (χ0) is 12.3. The van der Waals surface area contributed by atoms with Crippen molar-refractivity contribution in [2.75, 3.05) is 0 Å². The van der Waals surface area contributed by atoms with E-state index in [1.807, 2.05) is 19.2 Å². The molecule has 0 aliphatic carbocycles. The molecule has 0 fully saturated rings. The predicted octanol–water partition coefficient (Wildman–Crippen LogP) is 2.03. The number of nitrogens with zero attached hydrogens (tertiary/aromatic N) is 2. The van der Waals surface area contributed by atoms with E-state index in [0.29, 0.717) is 17.9 Å². The van der Waals surface area contributed by atoms with E-state index >= 15 is 0 Å². The van der Waals surface area contributed by atoms with E-state index < -0.39 is 0 Å². The molecule has 2 rings (SSSR count). The second-order valence-electron chi connectivity index (χ2n) is 3.83. The molecule has 0 aliphatic rings. The summed E-state index contributed by atoms with van der Waals surface area (Å²) >= 11 is 0. The highest BCUT2D eigenvalue weighted by Crippen LogP contribution is 2.11. The lowest BCUT2D eigenvalue weighted by Crippen LogP contribution is -2.21. The van der Waals surface area contributed by atoms with Gasteiger partial charge < -0.3 is 9.15 Å². The Morgan fingerprint density at radius 1 is 1.65 bits per heavy atom. The fourth-order valence-corrected chi connectivity index (χ4v) is 1.55. The highest BCUT2D eigenvalue weighted by molar-refractivity contribution is 5.90. The van der Waals surface area contributed by atoms with Crippen LogP contribution in [0.4, 0.5) is 0 Å². The Bertz CT molecular complexity index is 488. The van der Waals surface area contributed by atoms with Crippen LogP contribution in [0.15, 0.2) is 35.2 Å². The van der Waals surface area contributed by atoms with Crippen LogP contribution in [0.3, 0.4) is 0 Å². The maximum Gasteiger partial charge on any atom is 0.342 e. The molecule has 17 heavy (non-hydrogen) atoms. The summed E-state index contributed by atoms with van der Waals surface area (Å²) < 4.78 is 12.1. The van der Waals surface area contributed by atoms with E-state index in [0.717, 1.165) is 0 Å². The molecule has 2 heterocycles. The van der Waals surface area contributed by atoms with Gasteiger partial charge in [-0.15, -0.1) is 0 Å². The van der Waals surface area contributed by atoms with Gasteiger partial charge in [0.1, 0.15) is 17.4 Å². The third-order valence-electron chi connectivity index (χ3n) is 2.39. The molecule has 90 valence electrons. The van der Waals surface area contributed by atoms with E-state index in [9.17, 15) is 4.79 Å². The lowest BCUT2D eigenvalue weighted by molar-refractivity contribution is 0.0297. The molecule has 0 saturated carbocycles. The molecule has 2 aromatic heterocycles.